The SMILES string of the molecule is CC1CCCN(S(=O)(=O)N2CCCC(=O)C2)C1. The van der Waals surface area contributed by atoms with Crippen molar-refractivity contribution in [1.82, 2.24) is 8.61 Å². The topological polar surface area (TPSA) is 57.7 Å². The van der Waals surface area contributed by atoms with Crippen LogP contribution in [0, 0.1) is 5.92 Å². The molecule has 2 aliphatic heterocycles. The van der Waals surface area contributed by atoms with Crippen molar-refractivity contribution >= 4 is 16.0 Å². The molecule has 0 bridgehead atoms. The van der Waals surface area contributed by atoms with Gasteiger partial charge in [-0.15, -0.1) is 0 Å². The summed E-state index contributed by atoms with van der Waals surface area (Å²) in [7, 11) is -3.41. The summed E-state index contributed by atoms with van der Waals surface area (Å²) < 4.78 is 27.5. The van der Waals surface area contributed by atoms with Crippen molar-refractivity contribution in [3.8, 4) is 0 Å². The average Bonchev–Trinajstić information content (AvgIpc) is 2.29. The molecule has 17 heavy (non-hydrogen) atoms. The maximum absolute atomic E-state index is 12.3. The molecule has 2 saturated heterocycles. The number of rotatable bonds is 2. The molecule has 2 aliphatic rings. The molecule has 1 unspecified atom stereocenters. The van der Waals surface area contributed by atoms with Crippen LogP contribution in [0.2, 0.25) is 0 Å². The van der Waals surface area contributed by atoms with Crippen LogP contribution in [0.25, 0.3) is 0 Å². The van der Waals surface area contributed by atoms with Crippen molar-refractivity contribution in [1.29, 1.82) is 0 Å². The first kappa shape index (κ1) is 13.0. The highest BCUT2D eigenvalue weighted by atomic mass is 32.2. The second-order valence-electron chi connectivity index (χ2n) is 5.09. The van der Waals surface area contributed by atoms with E-state index in [0.29, 0.717) is 38.4 Å². The van der Waals surface area contributed by atoms with Crippen molar-refractivity contribution in [2.45, 2.75) is 32.6 Å². The van der Waals surface area contributed by atoms with Gasteiger partial charge in [0.05, 0.1) is 6.54 Å². The van der Waals surface area contributed by atoms with Crippen LogP contribution in [0.3, 0.4) is 0 Å². The largest absolute Gasteiger partial charge is 0.298 e. The smallest absolute Gasteiger partial charge is 0.282 e. The predicted molar refractivity (Wildman–Crippen MR) is 64.7 cm³/mol. The van der Waals surface area contributed by atoms with Gasteiger partial charge in [-0.05, 0) is 25.2 Å². The highest BCUT2D eigenvalue weighted by Gasteiger charge is 2.34. The van der Waals surface area contributed by atoms with E-state index in [-0.39, 0.29) is 12.3 Å². The van der Waals surface area contributed by atoms with Gasteiger partial charge in [-0.1, -0.05) is 6.92 Å². The number of hydrogen-bond donors (Lipinski definition) is 0. The van der Waals surface area contributed by atoms with E-state index in [1.54, 1.807) is 4.31 Å². The molecule has 0 aromatic carbocycles. The lowest BCUT2D eigenvalue weighted by Gasteiger charge is -2.35. The molecule has 0 aromatic heterocycles. The maximum atomic E-state index is 12.3. The minimum absolute atomic E-state index is 0.0323. The second kappa shape index (κ2) is 5.04. The maximum Gasteiger partial charge on any atom is 0.282 e. The summed E-state index contributed by atoms with van der Waals surface area (Å²) in [5.41, 5.74) is 0. The van der Waals surface area contributed by atoms with Crippen LogP contribution in [0.5, 0.6) is 0 Å². The van der Waals surface area contributed by atoms with Gasteiger partial charge in [0.2, 0.25) is 0 Å². The van der Waals surface area contributed by atoms with Gasteiger partial charge in [0.25, 0.3) is 10.2 Å². The van der Waals surface area contributed by atoms with Crippen LogP contribution in [0.1, 0.15) is 32.6 Å². The summed E-state index contributed by atoms with van der Waals surface area (Å²) in [6.07, 6.45) is 3.18. The Morgan fingerprint density at radius 2 is 1.88 bits per heavy atom. The van der Waals surface area contributed by atoms with Gasteiger partial charge in [0.15, 0.2) is 0 Å². The second-order valence-corrected chi connectivity index (χ2v) is 7.02. The van der Waals surface area contributed by atoms with Crippen molar-refractivity contribution < 1.29 is 13.2 Å². The van der Waals surface area contributed by atoms with Crippen molar-refractivity contribution in [3.63, 3.8) is 0 Å². The average molecular weight is 260 g/mol. The molecule has 0 amide bonds. The Morgan fingerprint density at radius 3 is 2.53 bits per heavy atom. The van der Waals surface area contributed by atoms with Gasteiger partial charge >= 0.3 is 0 Å². The first-order valence-electron chi connectivity index (χ1n) is 6.27. The number of carbonyl (C=O) groups is 1. The van der Waals surface area contributed by atoms with E-state index in [4.69, 9.17) is 0 Å². The molecule has 0 aromatic rings. The van der Waals surface area contributed by atoms with Crippen LogP contribution in [0.4, 0.5) is 0 Å². The molecule has 2 heterocycles. The van der Waals surface area contributed by atoms with Crippen LogP contribution in [-0.2, 0) is 15.0 Å². The Balaban J connectivity index is 2.09. The molecule has 2 fully saturated rings. The number of carbonyl (C=O) groups excluding carboxylic acids is 1. The predicted octanol–water partition coefficient (Wildman–Crippen LogP) is 0.628. The van der Waals surface area contributed by atoms with Crippen molar-refractivity contribution in [3.05, 3.63) is 0 Å². The summed E-state index contributed by atoms with van der Waals surface area (Å²) in [5.74, 6) is 0.448. The highest BCUT2D eigenvalue weighted by Crippen LogP contribution is 2.22. The zero-order chi connectivity index (χ0) is 12.5. The Hall–Kier alpha value is -0.460. The summed E-state index contributed by atoms with van der Waals surface area (Å²) in [4.78, 5) is 11.3. The van der Waals surface area contributed by atoms with Gasteiger partial charge in [-0.25, -0.2) is 0 Å². The number of nitrogens with zero attached hydrogens (tertiary/aromatic N) is 2. The van der Waals surface area contributed by atoms with E-state index >= 15 is 0 Å². The van der Waals surface area contributed by atoms with Crippen LogP contribution in [-0.4, -0.2) is 49.0 Å². The fraction of sp³-hybridized carbons (Fsp3) is 0.909. The van der Waals surface area contributed by atoms with Crippen LogP contribution in [0.15, 0.2) is 0 Å². The molecule has 0 aliphatic carbocycles. The fourth-order valence-corrected chi connectivity index (χ4v) is 4.32. The van der Waals surface area contributed by atoms with Crippen LogP contribution >= 0.6 is 0 Å². The van der Waals surface area contributed by atoms with E-state index in [0.717, 1.165) is 12.8 Å². The molecule has 5 nitrogen and oxygen atoms in total. The van der Waals surface area contributed by atoms with E-state index in [2.05, 4.69) is 6.92 Å². The van der Waals surface area contributed by atoms with Gasteiger partial charge in [-0.3, -0.25) is 4.79 Å². The van der Waals surface area contributed by atoms with E-state index in [1.807, 2.05) is 0 Å². The lowest BCUT2D eigenvalue weighted by atomic mass is 10.0. The Bertz CT molecular complexity index is 394. The molecule has 0 N–H and O–H groups in total. The summed E-state index contributed by atoms with van der Waals surface area (Å²) >= 11 is 0. The normalized spacial score (nSPS) is 29.5. The van der Waals surface area contributed by atoms with Gasteiger partial charge in [0.1, 0.15) is 5.78 Å². The zero-order valence-electron chi connectivity index (χ0n) is 10.3. The standard InChI is InChI=1S/C11H20N2O3S/c1-10-4-2-6-12(8-10)17(15,16)13-7-3-5-11(14)9-13/h10H,2-9H2,1H3. The Labute approximate surface area is 103 Å². The molecular formula is C11H20N2O3S. The molecule has 1 atom stereocenters. The summed E-state index contributed by atoms with van der Waals surface area (Å²) in [6, 6.07) is 0. The number of piperidine rings is 2. The van der Waals surface area contributed by atoms with E-state index in [9.17, 15) is 13.2 Å². The summed E-state index contributed by atoms with van der Waals surface area (Å²) in [6.45, 7) is 3.81. The molecule has 2 rings (SSSR count). The zero-order valence-corrected chi connectivity index (χ0v) is 11.1. The van der Waals surface area contributed by atoms with Gasteiger partial charge in [-0.2, -0.15) is 17.0 Å². The third kappa shape index (κ3) is 2.86. The Kier molecular flexibility index (Phi) is 3.85. The fourth-order valence-electron chi connectivity index (χ4n) is 2.52. The third-order valence-corrected chi connectivity index (χ3v) is 5.44. The lowest BCUT2D eigenvalue weighted by Crippen LogP contribution is -2.50. The van der Waals surface area contributed by atoms with Gasteiger partial charge < -0.3 is 0 Å². The molecular weight excluding hydrogens is 240 g/mol. The number of ketones is 1. The minimum Gasteiger partial charge on any atom is -0.298 e. The number of hydrogen-bond acceptors (Lipinski definition) is 3. The molecule has 0 saturated carbocycles. The lowest BCUT2D eigenvalue weighted by molar-refractivity contribution is -0.120. The van der Waals surface area contributed by atoms with Gasteiger partial charge in [0, 0.05) is 26.1 Å². The third-order valence-electron chi connectivity index (χ3n) is 3.49. The quantitative estimate of drug-likeness (QED) is 0.731. The molecule has 98 valence electrons. The van der Waals surface area contributed by atoms with Crippen molar-refractivity contribution in [2.75, 3.05) is 26.2 Å². The van der Waals surface area contributed by atoms with Crippen LogP contribution < -0.4 is 0 Å². The minimum atomic E-state index is -3.41. The highest BCUT2D eigenvalue weighted by molar-refractivity contribution is 7.86. The molecule has 0 spiro atoms. The van der Waals surface area contributed by atoms with E-state index < -0.39 is 10.2 Å². The monoisotopic (exact) mass is 260 g/mol. The number of Topliss-reactive ketones (excluding diaryl/α,β-unsaturated/α-hetero) is 1. The van der Waals surface area contributed by atoms with E-state index in [1.165, 1.54) is 4.31 Å². The first-order valence-corrected chi connectivity index (χ1v) is 7.67. The first-order chi connectivity index (χ1) is 8.00. The Morgan fingerprint density at radius 1 is 1.18 bits per heavy atom. The summed E-state index contributed by atoms with van der Waals surface area (Å²) in [5, 5.41) is 0. The molecule has 0 radical (unpaired) electrons. The molecule has 6 heteroatoms. The van der Waals surface area contributed by atoms with Crippen molar-refractivity contribution in [2.24, 2.45) is 5.92 Å².